The third-order valence-electron chi connectivity index (χ3n) is 4.42. The number of benzene rings is 1. The normalized spacial score (nSPS) is 18.6. The lowest BCUT2D eigenvalue weighted by atomic mass is 9.96. The second kappa shape index (κ2) is 6.69. The molecule has 1 aromatic carbocycles. The predicted molar refractivity (Wildman–Crippen MR) is 87.0 cm³/mol. The second-order valence-corrected chi connectivity index (χ2v) is 6.83. The van der Waals surface area contributed by atoms with Gasteiger partial charge in [-0.3, -0.25) is 4.79 Å². The van der Waals surface area contributed by atoms with Crippen LogP contribution in [0.3, 0.4) is 0 Å². The zero-order chi connectivity index (χ0) is 16.3. The van der Waals surface area contributed by atoms with Crippen LogP contribution in [0.15, 0.2) is 24.3 Å². The summed E-state index contributed by atoms with van der Waals surface area (Å²) in [4.78, 5) is 12.3. The lowest BCUT2D eigenvalue weighted by molar-refractivity contribution is -0.130. The van der Waals surface area contributed by atoms with Gasteiger partial charge in [0.15, 0.2) is 6.10 Å². The summed E-state index contributed by atoms with van der Waals surface area (Å²) in [5.74, 6) is 1.31. The zero-order valence-electron chi connectivity index (χ0n) is 13.9. The molecule has 122 valence electrons. The number of amides is 1. The molecule has 1 amide bonds. The molecule has 0 radical (unpaired) electrons. The zero-order valence-corrected chi connectivity index (χ0v) is 13.9. The molecule has 22 heavy (non-hydrogen) atoms. The molecule has 4 heteroatoms. The standard InChI is InChI=1S/C18H27NO3/c1-12(2)14-6-5-7-16(10-14)22-13(3)17(21)19-18(4,11-20)15-8-9-15/h5-7,10,12-13,15,20H,8-9,11H2,1-4H3,(H,19,21). The highest BCUT2D eigenvalue weighted by Crippen LogP contribution is 2.39. The minimum atomic E-state index is -0.591. The maximum absolute atomic E-state index is 12.3. The first-order valence-corrected chi connectivity index (χ1v) is 8.05. The minimum Gasteiger partial charge on any atom is -0.481 e. The molecular weight excluding hydrogens is 278 g/mol. The Labute approximate surface area is 132 Å². The Bertz CT molecular complexity index is 525. The first-order valence-electron chi connectivity index (χ1n) is 8.05. The molecule has 2 rings (SSSR count). The Kier molecular flexibility index (Phi) is 5.12. The van der Waals surface area contributed by atoms with Gasteiger partial charge < -0.3 is 15.2 Å². The second-order valence-electron chi connectivity index (χ2n) is 6.83. The third kappa shape index (κ3) is 4.01. The van der Waals surface area contributed by atoms with Crippen molar-refractivity contribution in [3.63, 3.8) is 0 Å². The third-order valence-corrected chi connectivity index (χ3v) is 4.42. The molecule has 0 aliphatic heterocycles. The van der Waals surface area contributed by atoms with Crippen LogP contribution < -0.4 is 10.1 Å². The van der Waals surface area contributed by atoms with Crippen LogP contribution in [0.4, 0.5) is 0 Å². The highest BCUT2D eigenvalue weighted by molar-refractivity contribution is 5.81. The molecule has 1 aliphatic rings. The van der Waals surface area contributed by atoms with Gasteiger partial charge in [0.2, 0.25) is 0 Å². The van der Waals surface area contributed by atoms with Crippen molar-refractivity contribution in [2.24, 2.45) is 5.92 Å². The monoisotopic (exact) mass is 305 g/mol. The van der Waals surface area contributed by atoms with Crippen molar-refractivity contribution >= 4 is 5.91 Å². The first kappa shape index (κ1) is 16.8. The van der Waals surface area contributed by atoms with Gasteiger partial charge in [-0.1, -0.05) is 26.0 Å². The van der Waals surface area contributed by atoms with Crippen molar-refractivity contribution in [2.75, 3.05) is 6.61 Å². The van der Waals surface area contributed by atoms with E-state index in [0.29, 0.717) is 17.6 Å². The molecule has 0 bridgehead atoms. The number of aliphatic hydroxyl groups excluding tert-OH is 1. The van der Waals surface area contributed by atoms with E-state index in [1.165, 1.54) is 5.56 Å². The van der Waals surface area contributed by atoms with E-state index in [2.05, 4.69) is 25.2 Å². The minimum absolute atomic E-state index is 0.0427. The molecule has 1 aromatic rings. The van der Waals surface area contributed by atoms with Gasteiger partial charge in [0.1, 0.15) is 5.75 Å². The van der Waals surface area contributed by atoms with E-state index in [1.54, 1.807) is 6.92 Å². The number of carbonyl (C=O) groups is 1. The smallest absolute Gasteiger partial charge is 0.261 e. The molecule has 4 nitrogen and oxygen atoms in total. The van der Waals surface area contributed by atoms with Crippen LogP contribution >= 0.6 is 0 Å². The number of carbonyl (C=O) groups excluding carboxylic acids is 1. The highest BCUT2D eigenvalue weighted by Gasteiger charge is 2.42. The van der Waals surface area contributed by atoms with Gasteiger partial charge in [-0.05, 0) is 56.2 Å². The first-order chi connectivity index (χ1) is 10.4. The summed E-state index contributed by atoms with van der Waals surface area (Å²) in [6.07, 6.45) is 1.53. The summed E-state index contributed by atoms with van der Waals surface area (Å²) >= 11 is 0. The number of aliphatic hydroxyl groups is 1. The van der Waals surface area contributed by atoms with Crippen LogP contribution in [0, 0.1) is 5.92 Å². The van der Waals surface area contributed by atoms with Crippen LogP contribution in [-0.4, -0.2) is 29.3 Å². The number of ether oxygens (including phenoxy) is 1. The average Bonchev–Trinajstić information content (AvgIpc) is 3.32. The van der Waals surface area contributed by atoms with Gasteiger partial charge in [-0.2, -0.15) is 0 Å². The summed E-state index contributed by atoms with van der Waals surface area (Å²) in [7, 11) is 0. The van der Waals surface area contributed by atoms with Gasteiger partial charge in [-0.25, -0.2) is 0 Å². The maximum Gasteiger partial charge on any atom is 0.261 e. The SMILES string of the molecule is CC(Oc1cccc(C(C)C)c1)C(=O)NC(C)(CO)C1CC1. The molecule has 0 saturated heterocycles. The van der Waals surface area contributed by atoms with E-state index < -0.39 is 11.6 Å². The molecule has 2 N–H and O–H groups in total. The summed E-state index contributed by atoms with van der Waals surface area (Å²) in [5, 5.41) is 12.5. The number of hydrogen-bond acceptors (Lipinski definition) is 3. The van der Waals surface area contributed by atoms with Crippen molar-refractivity contribution < 1.29 is 14.6 Å². The average molecular weight is 305 g/mol. The van der Waals surface area contributed by atoms with Gasteiger partial charge in [-0.15, -0.1) is 0 Å². The summed E-state index contributed by atoms with van der Waals surface area (Å²) in [6.45, 7) is 7.84. The summed E-state index contributed by atoms with van der Waals surface area (Å²) < 4.78 is 5.76. The summed E-state index contributed by atoms with van der Waals surface area (Å²) in [5.41, 5.74) is 0.650. The van der Waals surface area contributed by atoms with Crippen LogP contribution in [0.25, 0.3) is 0 Å². The molecular formula is C18H27NO3. The van der Waals surface area contributed by atoms with Gasteiger partial charge >= 0.3 is 0 Å². The van der Waals surface area contributed by atoms with E-state index in [0.717, 1.165) is 12.8 Å². The van der Waals surface area contributed by atoms with Gasteiger partial charge in [0.05, 0.1) is 12.1 Å². The quantitative estimate of drug-likeness (QED) is 0.814. The van der Waals surface area contributed by atoms with Crippen LogP contribution in [0.2, 0.25) is 0 Å². The van der Waals surface area contributed by atoms with Crippen LogP contribution in [0.1, 0.15) is 52.0 Å². The van der Waals surface area contributed by atoms with E-state index in [-0.39, 0.29) is 12.5 Å². The topological polar surface area (TPSA) is 58.6 Å². The lowest BCUT2D eigenvalue weighted by Gasteiger charge is -2.30. The number of nitrogens with one attached hydrogen (secondary N) is 1. The Morgan fingerprint density at radius 1 is 1.41 bits per heavy atom. The molecule has 1 fully saturated rings. The largest absolute Gasteiger partial charge is 0.481 e. The molecule has 2 unspecified atom stereocenters. The molecule has 0 spiro atoms. The van der Waals surface area contributed by atoms with Gasteiger partial charge in [0.25, 0.3) is 5.91 Å². The van der Waals surface area contributed by atoms with E-state index in [4.69, 9.17) is 4.74 Å². The van der Waals surface area contributed by atoms with Crippen molar-refractivity contribution in [2.45, 2.75) is 58.1 Å². The fraction of sp³-hybridized carbons (Fsp3) is 0.611. The van der Waals surface area contributed by atoms with Crippen LogP contribution in [0.5, 0.6) is 5.75 Å². The van der Waals surface area contributed by atoms with E-state index in [1.807, 2.05) is 25.1 Å². The van der Waals surface area contributed by atoms with Crippen LogP contribution in [-0.2, 0) is 4.79 Å². The Hall–Kier alpha value is -1.55. The fourth-order valence-corrected chi connectivity index (χ4v) is 2.58. The number of hydrogen-bond donors (Lipinski definition) is 2. The molecule has 1 saturated carbocycles. The Balaban J connectivity index is 1.97. The maximum atomic E-state index is 12.3. The fourth-order valence-electron chi connectivity index (χ4n) is 2.58. The molecule has 2 atom stereocenters. The predicted octanol–water partition coefficient (Wildman–Crippen LogP) is 2.85. The summed E-state index contributed by atoms with van der Waals surface area (Å²) in [6, 6.07) is 7.83. The van der Waals surface area contributed by atoms with Gasteiger partial charge in [0, 0.05) is 0 Å². The highest BCUT2D eigenvalue weighted by atomic mass is 16.5. The van der Waals surface area contributed by atoms with Crippen molar-refractivity contribution in [3.8, 4) is 5.75 Å². The van der Waals surface area contributed by atoms with E-state index >= 15 is 0 Å². The van der Waals surface area contributed by atoms with Crippen molar-refractivity contribution in [3.05, 3.63) is 29.8 Å². The number of rotatable bonds is 7. The van der Waals surface area contributed by atoms with Crippen molar-refractivity contribution in [1.82, 2.24) is 5.32 Å². The Morgan fingerprint density at radius 3 is 2.64 bits per heavy atom. The molecule has 0 aromatic heterocycles. The molecule has 1 aliphatic carbocycles. The lowest BCUT2D eigenvalue weighted by Crippen LogP contribution is -2.54. The van der Waals surface area contributed by atoms with Crippen molar-refractivity contribution in [1.29, 1.82) is 0 Å². The Morgan fingerprint density at radius 2 is 2.09 bits per heavy atom. The molecule has 0 heterocycles. The van der Waals surface area contributed by atoms with E-state index in [9.17, 15) is 9.90 Å².